The van der Waals surface area contributed by atoms with Crippen molar-refractivity contribution < 1.29 is 0 Å². The van der Waals surface area contributed by atoms with E-state index in [0.29, 0.717) is 17.3 Å². The van der Waals surface area contributed by atoms with Gasteiger partial charge in [-0.25, -0.2) is 4.98 Å². The van der Waals surface area contributed by atoms with Crippen LogP contribution < -0.4 is 11.3 Å². The molecule has 0 saturated carbocycles. The van der Waals surface area contributed by atoms with E-state index in [-0.39, 0.29) is 5.56 Å². The largest absolute Gasteiger partial charge is 0.397 e. The van der Waals surface area contributed by atoms with E-state index >= 15 is 0 Å². The average Bonchev–Trinajstić information content (AvgIpc) is 2.37. The van der Waals surface area contributed by atoms with Crippen LogP contribution in [0, 0.1) is 0 Å². The van der Waals surface area contributed by atoms with Gasteiger partial charge in [0.2, 0.25) is 0 Å². The van der Waals surface area contributed by atoms with Gasteiger partial charge in [0.1, 0.15) is 0 Å². The summed E-state index contributed by atoms with van der Waals surface area (Å²) in [5.74, 6) is 0. The standard InChI is InChI=1S/C12H14N4OS/c1-2-6-16-7-5-15-11(12(16)17)18-10-3-4-14-8-9(10)13/h3-5,7-8H,2,6,13H2,1H3. The molecule has 0 aliphatic carbocycles. The molecular formula is C12H14N4OS. The number of aryl methyl sites for hydroxylation is 1. The zero-order chi connectivity index (χ0) is 13.0. The number of pyridine rings is 1. The van der Waals surface area contributed by atoms with Gasteiger partial charge in [0, 0.05) is 30.0 Å². The van der Waals surface area contributed by atoms with Crippen molar-refractivity contribution in [3.8, 4) is 0 Å². The van der Waals surface area contributed by atoms with E-state index in [9.17, 15) is 4.79 Å². The third kappa shape index (κ3) is 2.70. The van der Waals surface area contributed by atoms with Gasteiger partial charge in [-0.05, 0) is 12.5 Å². The van der Waals surface area contributed by atoms with Crippen LogP contribution in [0.3, 0.4) is 0 Å². The van der Waals surface area contributed by atoms with Crippen LogP contribution in [-0.4, -0.2) is 14.5 Å². The van der Waals surface area contributed by atoms with Gasteiger partial charge in [0.25, 0.3) is 5.56 Å². The van der Waals surface area contributed by atoms with E-state index in [0.717, 1.165) is 11.3 Å². The first kappa shape index (κ1) is 12.6. The molecular weight excluding hydrogens is 248 g/mol. The molecule has 0 unspecified atom stereocenters. The van der Waals surface area contributed by atoms with Crippen LogP contribution in [0.2, 0.25) is 0 Å². The smallest absolute Gasteiger partial charge is 0.283 e. The van der Waals surface area contributed by atoms with Gasteiger partial charge < -0.3 is 10.3 Å². The Balaban J connectivity index is 2.33. The predicted octanol–water partition coefficient (Wildman–Crippen LogP) is 1.78. The average molecular weight is 262 g/mol. The van der Waals surface area contributed by atoms with Crippen LogP contribution in [0.1, 0.15) is 13.3 Å². The summed E-state index contributed by atoms with van der Waals surface area (Å²) in [6, 6.07) is 1.78. The minimum absolute atomic E-state index is 0.0828. The molecule has 0 aliphatic rings. The highest BCUT2D eigenvalue weighted by Gasteiger charge is 2.08. The van der Waals surface area contributed by atoms with Gasteiger partial charge in [-0.1, -0.05) is 18.7 Å². The maximum Gasteiger partial charge on any atom is 0.283 e. The Kier molecular flexibility index (Phi) is 3.99. The number of nitrogens with two attached hydrogens (primary N) is 1. The first-order valence-corrected chi connectivity index (χ1v) is 6.46. The first-order valence-electron chi connectivity index (χ1n) is 5.65. The molecule has 0 saturated heterocycles. The monoisotopic (exact) mass is 262 g/mol. The normalized spacial score (nSPS) is 10.5. The summed E-state index contributed by atoms with van der Waals surface area (Å²) in [7, 11) is 0. The minimum Gasteiger partial charge on any atom is -0.397 e. The highest BCUT2D eigenvalue weighted by Crippen LogP contribution is 2.27. The third-order valence-corrected chi connectivity index (χ3v) is 3.43. The molecule has 18 heavy (non-hydrogen) atoms. The van der Waals surface area contributed by atoms with E-state index < -0.39 is 0 Å². The Labute approximate surface area is 109 Å². The van der Waals surface area contributed by atoms with E-state index in [4.69, 9.17) is 5.73 Å². The molecule has 2 aromatic heterocycles. The van der Waals surface area contributed by atoms with Crippen LogP contribution in [0.4, 0.5) is 5.69 Å². The Bertz CT molecular complexity index is 597. The van der Waals surface area contributed by atoms with Crippen molar-refractivity contribution >= 4 is 17.4 Å². The van der Waals surface area contributed by atoms with Crippen molar-refractivity contribution in [3.63, 3.8) is 0 Å². The maximum atomic E-state index is 12.1. The van der Waals surface area contributed by atoms with Crippen LogP contribution >= 0.6 is 11.8 Å². The van der Waals surface area contributed by atoms with Gasteiger partial charge in [-0.2, -0.15) is 0 Å². The second-order valence-electron chi connectivity index (χ2n) is 3.75. The number of anilines is 1. The van der Waals surface area contributed by atoms with Crippen LogP contribution in [0.25, 0.3) is 0 Å². The fourth-order valence-corrected chi connectivity index (χ4v) is 2.33. The number of nitrogen functional groups attached to an aromatic ring is 1. The molecule has 2 N–H and O–H groups in total. The summed E-state index contributed by atoms with van der Waals surface area (Å²) in [6.45, 7) is 2.72. The van der Waals surface area contributed by atoms with Crippen molar-refractivity contribution in [2.75, 3.05) is 5.73 Å². The highest BCUT2D eigenvalue weighted by molar-refractivity contribution is 7.99. The zero-order valence-electron chi connectivity index (χ0n) is 10.0. The Morgan fingerprint density at radius 3 is 3.00 bits per heavy atom. The molecule has 0 atom stereocenters. The van der Waals surface area contributed by atoms with Crippen LogP contribution in [0.5, 0.6) is 0 Å². The lowest BCUT2D eigenvalue weighted by Crippen LogP contribution is -2.21. The molecule has 5 nitrogen and oxygen atoms in total. The lowest BCUT2D eigenvalue weighted by atomic mass is 10.4. The van der Waals surface area contributed by atoms with E-state index in [1.165, 1.54) is 11.8 Å². The number of nitrogens with zero attached hydrogens (tertiary/aromatic N) is 3. The molecule has 0 radical (unpaired) electrons. The van der Waals surface area contributed by atoms with Gasteiger partial charge in [0.05, 0.1) is 11.9 Å². The van der Waals surface area contributed by atoms with Gasteiger partial charge in [-0.15, -0.1) is 0 Å². The molecule has 2 rings (SSSR count). The fraction of sp³-hybridized carbons (Fsp3) is 0.250. The lowest BCUT2D eigenvalue weighted by molar-refractivity contribution is 0.632. The SMILES string of the molecule is CCCn1ccnc(Sc2ccncc2N)c1=O. The Hall–Kier alpha value is -1.82. The molecule has 2 aromatic rings. The maximum absolute atomic E-state index is 12.1. The van der Waals surface area contributed by atoms with Crippen LogP contribution in [0.15, 0.2) is 45.6 Å². The summed E-state index contributed by atoms with van der Waals surface area (Å²) in [4.78, 5) is 20.9. The topological polar surface area (TPSA) is 73.8 Å². The van der Waals surface area contributed by atoms with E-state index in [1.807, 2.05) is 6.92 Å². The van der Waals surface area contributed by atoms with Crippen molar-refractivity contribution in [1.82, 2.24) is 14.5 Å². The highest BCUT2D eigenvalue weighted by atomic mass is 32.2. The zero-order valence-corrected chi connectivity index (χ0v) is 10.9. The number of hydrogen-bond acceptors (Lipinski definition) is 5. The quantitative estimate of drug-likeness (QED) is 0.909. The summed E-state index contributed by atoms with van der Waals surface area (Å²) >= 11 is 1.27. The van der Waals surface area contributed by atoms with Gasteiger partial charge in [0.15, 0.2) is 5.03 Å². The van der Waals surface area contributed by atoms with Gasteiger partial charge >= 0.3 is 0 Å². The molecule has 94 valence electrons. The minimum atomic E-state index is -0.0828. The number of rotatable bonds is 4. The number of hydrogen-bond donors (Lipinski definition) is 1. The molecule has 2 heterocycles. The summed E-state index contributed by atoms with van der Waals surface area (Å²) in [6.07, 6.45) is 7.45. The summed E-state index contributed by atoms with van der Waals surface area (Å²) in [5, 5.41) is 0.434. The van der Waals surface area contributed by atoms with E-state index in [1.54, 1.807) is 35.4 Å². The molecule has 0 spiro atoms. The fourth-order valence-electron chi connectivity index (χ4n) is 1.51. The van der Waals surface area contributed by atoms with E-state index in [2.05, 4.69) is 9.97 Å². The lowest BCUT2D eigenvalue weighted by Gasteiger charge is -2.06. The Morgan fingerprint density at radius 2 is 2.28 bits per heavy atom. The summed E-state index contributed by atoms with van der Waals surface area (Å²) in [5.41, 5.74) is 6.26. The summed E-state index contributed by atoms with van der Waals surface area (Å²) < 4.78 is 1.66. The van der Waals surface area contributed by atoms with Crippen molar-refractivity contribution in [3.05, 3.63) is 41.2 Å². The van der Waals surface area contributed by atoms with Crippen LogP contribution in [-0.2, 0) is 6.54 Å². The van der Waals surface area contributed by atoms with Crippen molar-refractivity contribution in [2.24, 2.45) is 0 Å². The molecule has 0 bridgehead atoms. The Morgan fingerprint density at radius 1 is 1.44 bits per heavy atom. The molecule has 0 fully saturated rings. The van der Waals surface area contributed by atoms with Gasteiger partial charge in [-0.3, -0.25) is 9.78 Å². The van der Waals surface area contributed by atoms with Crippen molar-refractivity contribution in [1.29, 1.82) is 0 Å². The molecule has 0 amide bonds. The molecule has 0 aliphatic heterocycles. The third-order valence-electron chi connectivity index (χ3n) is 2.36. The second-order valence-corrected chi connectivity index (χ2v) is 4.78. The second kappa shape index (κ2) is 5.68. The molecule has 6 heteroatoms. The predicted molar refractivity (Wildman–Crippen MR) is 71.6 cm³/mol. The first-order chi connectivity index (χ1) is 8.72. The van der Waals surface area contributed by atoms with Crippen molar-refractivity contribution in [2.45, 2.75) is 29.8 Å². The molecule has 0 aromatic carbocycles. The number of aromatic nitrogens is 3.